The molecule has 4 saturated carbocycles. The molecule has 0 nitrogen and oxygen atoms in total. The lowest BCUT2D eigenvalue weighted by Gasteiger charge is -2.44. The van der Waals surface area contributed by atoms with Gasteiger partial charge in [0, 0.05) is 0 Å². The SMILES string of the molecule is c1ccc(P(c2cccc(C3CCCC(P(C4CCCCC4)C4CCCC4)C3)c2)C2CCCC2)cc1. The van der Waals surface area contributed by atoms with E-state index in [1.807, 2.05) is 0 Å². The van der Waals surface area contributed by atoms with Gasteiger partial charge in [-0.2, -0.15) is 0 Å². The van der Waals surface area contributed by atoms with Crippen molar-refractivity contribution < 1.29 is 0 Å². The van der Waals surface area contributed by atoms with Crippen LogP contribution in [0, 0.1) is 0 Å². The van der Waals surface area contributed by atoms with Gasteiger partial charge in [0.15, 0.2) is 0 Å². The summed E-state index contributed by atoms with van der Waals surface area (Å²) in [4.78, 5) is 0. The predicted molar refractivity (Wildman–Crippen MR) is 162 cm³/mol. The molecule has 4 atom stereocenters. The first-order valence-electron chi connectivity index (χ1n) is 15.6. The van der Waals surface area contributed by atoms with E-state index in [4.69, 9.17) is 0 Å². The van der Waals surface area contributed by atoms with Crippen LogP contribution in [0.25, 0.3) is 0 Å². The van der Waals surface area contributed by atoms with Crippen LogP contribution in [-0.4, -0.2) is 22.6 Å². The Bertz CT molecular complexity index is 937. The third-order valence-corrected chi connectivity index (χ3v) is 17.1. The summed E-state index contributed by atoms with van der Waals surface area (Å²) in [5.41, 5.74) is 5.87. The molecule has 0 saturated heterocycles. The van der Waals surface area contributed by atoms with Crippen molar-refractivity contribution >= 4 is 26.5 Å². The van der Waals surface area contributed by atoms with Gasteiger partial charge in [-0.05, 0) is 110 Å². The van der Waals surface area contributed by atoms with Crippen molar-refractivity contribution in [3.63, 3.8) is 0 Å². The van der Waals surface area contributed by atoms with E-state index in [1.165, 1.54) is 77.0 Å². The molecular weight excluding hydrogens is 470 g/mol. The van der Waals surface area contributed by atoms with Crippen LogP contribution in [0.2, 0.25) is 0 Å². The van der Waals surface area contributed by atoms with Crippen molar-refractivity contribution in [2.45, 2.75) is 138 Å². The molecule has 0 heterocycles. The molecule has 194 valence electrons. The molecule has 2 heteroatoms. The van der Waals surface area contributed by atoms with Crippen LogP contribution in [0.1, 0.15) is 121 Å². The van der Waals surface area contributed by atoms with E-state index in [0.717, 1.165) is 28.6 Å². The summed E-state index contributed by atoms with van der Waals surface area (Å²) >= 11 is 0. The molecule has 4 aliphatic rings. The standard InChI is InChI=1S/C34H48P2/c1-3-15-29(16-4-1)35(31-19-7-8-20-31)33-23-11-13-27(25-33)28-14-12-24-34(26-28)36(32-21-9-10-22-32)30-17-5-2-6-18-30/h1,3-4,11,13,15-16,23,25,28,30-32,34H,2,5-10,12,14,17-22,24,26H2. The summed E-state index contributed by atoms with van der Waals surface area (Å²) < 4.78 is 0. The minimum Gasteiger partial charge on any atom is -0.0971 e. The smallest absolute Gasteiger partial charge is 0.0129 e. The Morgan fingerprint density at radius 2 is 1.06 bits per heavy atom. The molecular formula is C34H48P2. The number of hydrogen-bond donors (Lipinski definition) is 0. The molecule has 0 amide bonds. The number of benzene rings is 2. The molecule has 6 rings (SSSR count). The van der Waals surface area contributed by atoms with Gasteiger partial charge in [-0.1, -0.05) is 114 Å². The normalized spacial score (nSPS) is 28.3. The zero-order valence-corrected chi connectivity index (χ0v) is 24.3. The molecule has 0 aliphatic heterocycles. The molecule has 0 bridgehead atoms. The van der Waals surface area contributed by atoms with Crippen molar-refractivity contribution in [3.8, 4) is 0 Å². The number of hydrogen-bond acceptors (Lipinski definition) is 0. The lowest BCUT2D eigenvalue weighted by atomic mass is 9.84. The van der Waals surface area contributed by atoms with E-state index < -0.39 is 0 Å². The van der Waals surface area contributed by atoms with E-state index >= 15 is 0 Å². The van der Waals surface area contributed by atoms with E-state index in [0.29, 0.717) is 0 Å². The fraction of sp³-hybridized carbons (Fsp3) is 0.647. The monoisotopic (exact) mass is 518 g/mol. The van der Waals surface area contributed by atoms with Gasteiger partial charge in [-0.3, -0.25) is 0 Å². The van der Waals surface area contributed by atoms with Crippen LogP contribution in [0.4, 0.5) is 0 Å². The fourth-order valence-electron chi connectivity index (χ4n) is 8.46. The van der Waals surface area contributed by atoms with Crippen molar-refractivity contribution in [2.24, 2.45) is 0 Å². The van der Waals surface area contributed by atoms with Gasteiger partial charge in [-0.25, -0.2) is 0 Å². The van der Waals surface area contributed by atoms with E-state index in [9.17, 15) is 0 Å². The average Bonchev–Trinajstić information content (AvgIpc) is 3.66. The van der Waals surface area contributed by atoms with E-state index in [-0.39, 0.29) is 15.8 Å². The fourth-order valence-corrected chi connectivity index (χ4v) is 16.2. The molecule has 4 unspecified atom stereocenters. The molecule has 0 aromatic heterocycles. The Morgan fingerprint density at radius 3 is 1.75 bits per heavy atom. The highest BCUT2D eigenvalue weighted by molar-refractivity contribution is 7.73. The Kier molecular flexibility index (Phi) is 8.83. The first-order valence-corrected chi connectivity index (χ1v) is 18.5. The van der Waals surface area contributed by atoms with E-state index in [2.05, 4.69) is 54.6 Å². The Morgan fingerprint density at radius 1 is 0.472 bits per heavy atom. The summed E-state index contributed by atoms with van der Waals surface area (Å²) in [6, 6.07) is 21.7. The maximum Gasteiger partial charge on any atom is -0.0129 e. The van der Waals surface area contributed by atoms with Crippen LogP contribution in [0.15, 0.2) is 54.6 Å². The summed E-state index contributed by atoms with van der Waals surface area (Å²) in [7, 11) is -0.000952. The van der Waals surface area contributed by atoms with Gasteiger partial charge in [0.05, 0.1) is 0 Å². The van der Waals surface area contributed by atoms with Crippen LogP contribution >= 0.6 is 15.8 Å². The second kappa shape index (κ2) is 12.4. The van der Waals surface area contributed by atoms with Gasteiger partial charge < -0.3 is 0 Å². The molecule has 4 aliphatic carbocycles. The molecule has 36 heavy (non-hydrogen) atoms. The van der Waals surface area contributed by atoms with Gasteiger partial charge >= 0.3 is 0 Å². The third-order valence-electron chi connectivity index (χ3n) is 10.2. The lowest BCUT2D eigenvalue weighted by molar-refractivity contribution is 0.439. The molecule has 0 radical (unpaired) electrons. The van der Waals surface area contributed by atoms with Gasteiger partial charge in [0.25, 0.3) is 0 Å². The van der Waals surface area contributed by atoms with Crippen LogP contribution in [-0.2, 0) is 0 Å². The second-order valence-electron chi connectivity index (χ2n) is 12.4. The van der Waals surface area contributed by atoms with E-state index in [1.54, 1.807) is 48.3 Å². The van der Waals surface area contributed by atoms with Gasteiger partial charge in [-0.15, -0.1) is 0 Å². The maximum absolute atomic E-state index is 2.71. The topological polar surface area (TPSA) is 0 Å². The predicted octanol–water partition coefficient (Wildman–Crippen LogP) is 9.85. The highest BCUT2D eigenvalue weighted by Gasteiger charge is 2.39. The minimum absolute atomic E-state index is 0.225. The zero-order chi connectivity index (χ0) is 24.2. The van der Waals surface area contributed by atoms with Gasteiger partial charge in [0.2, 0.25) is 0 Å². The second-order valence-corrected chi connectivity index (χ2v) is 18.0. The minimum atomic E-state index is -0.226. The molecule has 2 aromatic rings. The average molecular weight is 519 g/mol. The Hall–Kier alpha value is -0.700. The van der Waals surface area contributed by atoms with Crippen molar-refractivity contribution in [1.82, 2.24) is 0 Å². The summed E-state index contributed by atoms with van der Waals surface area (Å²) in [5.74, 6) is 0.815. The Labute approximate surface area is 223 Å². The van der Waals surface area contributed by atoms with Crippen molar-refractivity contribution in [1.29, 1.82) is 0 Å². The maximum atomic E-state index is 2.71. The van der Waals surface area contributed by atoms with Crippen LogP contribution < -0.4 is 10.6 Å². The molecule has 4 fully saturated rings. The summed E-state index contributed by atoms with van der Waals surface area (Å²) in [6.07, 6.45) is 25.6. The summed E-state index contributed by atoms with van der Waals surface area (Å²) in [6.45, 7) is 0. The highest BCUT2D eigenvalue weighted by atomic mass is 31.1. The largest absolute Gasteiger partial charge is 0.0971 e. The highest BCUT2D eigenvalue weighted by Crippen LogP contribution is 2.63. The molecule has 0 spiro atoms. The first-order chi connectivity index (χ1) is 17.9. The van der Waals surface area contributed by atoms with Crippen LogP contribution in [0.5, 0.6) is 0 Å². The first kappa shape index (κ1) is 25.6. The number of rotatable bonds is 7. The van der Waals surface area contributed by atoms with Crippen molar-refractivity contribution in [2.75, 3.05) is 0 Å². The quantitative estimate of drug-likeness (QED) is 0.320. The third kappa shape index (κ3) is 5.81. The Balaban J connectivity index is 1.24. The molecule has 0 N–H and O–H groups in total. The summed E-state index contributed by atoms with van der Waals surface area (Å²) in [5, 5.41) is 3.29. The van der Waals surface area contributed by atoms with Gasteiger partial charge in [0.1, 0.15) is 0 Å². The lowest BCUT2D eigenvalue weighted by Crippen LogP contribution is -2.28. The van der Waals surface area contributed by atoms with Crippen LogP contribution in [0.3, 0.4) is 0 Å². The zero-order valence-electron chi connectivity index (χ0n) is 22.5. The molecule has 2 aromatic carbocycles. The van der Waals surface area contributed by atoms with Crippen molar-refractivity contribution in [3.05, 3.63) is 60.2 Å².